The first kappa shape index (κ1) is 17.0. The predicted molar refractivity (Wildman–Crippen MR) is 100 cm³/mol. The van der Waals surface area contributed by atoms with Gasteiger partial charge in [0.15, 0.2) is 0 Å². The number of rotatable bonds is 3. The minimum absolute atomic E-state index is 0.0971. The van der Waals surface area contributed by atoms with E-state index in [2.05, 4.69) is 17.1 Å². The minimum atomic E-state index is 0.0971. The van der Waals surface area contributed by atoms with Crippen LogP contribution in [0, 0.1) is 29.6 Å². The Kier molecular flexibility index (Phi) is 4.55. The number of methoxy groups -OCH3 is 1. The van der Waals surface area contributed by atoms with Crippen molar-refractivity contribution in [2.75, 3.05) is 12.8 Å². The van der Waals surface area contributed by atoms with Gasteiger partial charge in [-0.15, -0.1) is 0 Å². The monoisotopic (exact) mass is 340 g/mol. The third-order valence-corrected chi connectivity index (χ3v) is 4.13. The summed E-state index contributed by atoms with van der Waals surface area (Å²) in [5, 5.41) is 19.4. The second-order valence-corrected chi connectivity index (χ2v) is 5.79. The van der Waals surface area contributed by atoms with Crippen LogP contribution in [-0.4, -0.2) is 12.1 Å². The second kappa shape index (κ2) is 6.96. The highest BCUT2D eigenvalue weighted by Crippen LogP contribution is 2.36. The van der Waals surface area contributed by atoms with Crippen molar-refractivity contribution >= 4 is 5.82 Å². The van der Waals surface area contributed by atoms with Crippen molar-refractivity contribution in [1.29, 1.82) is 10.5 Å². The van der Waals surface area contributed by atoms with Crippen LogP contribution in [-0.2, 0) is 0 Å². The number of nitriles is 2. The molecule has 0 aliphatic heterocycles. The number of hydrogen-bond donors (Lipinski definition) is 1. The fraction of sp³-hybridized carbons (Fsp3) is 0.0952. The number of anilines is 1. The molecule has 5 nitrogen and oxygen atoms in total. The molecular weight excluding hydrogens is 324 g/mol. The molecule has 2 aromatic carbocycles. The van der Waals surface area contributed by atoms with Crippen molar-refractivity contribution in [2.24, 2.45) is 0 Å². The summed E-state index contributed by atoms with van der Waals surface area (Å²) in [6.07, 6.45) is 0. The van der Waals surface area contributed by atoms with Crippen LogP contribution in [0.25, 0.3) is 22.4 Å². The molecule has 1 heterocycles. The fourth-order valence-electron chi connectivity index (χ4n) is 2.81. The van der Waals surface area contributed by atoms with Crippen molar-refractivity contribution in [1.82, 2.24) is 4.98 Å². The molecule has 0 unspecified atom stereocenters. The lowest BCUT2D eigenvalue weighted by Crippen LogP contribution is -2.04. The number of nitrogens with two attached hydrogens (primary N) is 1. The largest absolute Gasteiger partial charge is 0.497 e. The number of aromatic nitrogens is 1. The van der Waals surface area contributed by atoms with Crippen molar-refractivity contribution < 1.29 is 4.74 Å². The molecule has 0 saturated heterocycles. The Morgan fingerprint density at radius 2 is 1.65 bits per heavy atom. The Bertz CT molecular complexity index is 1060. The molecule has 1 aromatic heterocycles. The van der Waals surface area contributed by atoms with Gasteiger partial charge in [-0.05, 0) is 24.6 Å². The maximum Gasteiger partial charge on any atom is 0.142 e. The molecule has 3 rings (SSSR count). The lowest BCUT2D eigenvalue weighted by atomic mass is 9.92. The molecule has 0 amide bonds. The van der Waals surface area contributed by atoms with Crippen LogP contribution >= 0.6 is 0 Å². The maximum atomic E-state index is 9.84. The third-order valence-electron chi connectivity index (χ3n) is 4.13. The molecule has 0 bridgehead atoms. The van der Waals surface area contributed by atoms with E-state index in [0.29, 0.717) is 28.1 Å². The summed E-state index contributed by atoms with van der Waals surface area (Å²) in [6.45, 7) is 1.97. The fourth-order valence-corrected chi connectivity index (χ4v) is 2.81. The summed E-state index contributed by atoms with van der Waals surface area (Å²) in [5.41, 5.74) is 10.0. The molecule has 2 N–H and O–H groups in total. The lowest BCUT2D eigenvalue weighted by Gasteiger charge is -2.14. The molecule has 3 aromatic rings. The summed E-state index contributed by atoms with van der Waals surface area (Å²) in [7, 11) is 1.57. The standard InChI is InChI=1S/C21H16N4O/c1-13-6-8-14(9-7-13)19-17(11-22)20(25-21(24)18(19)12-23)15-4-3-5-16(10-15)26-2/h3-10H,1-2H3,(H2,24,25). The van der Waals surface area contributed by atoms with Gasteiger partial charge in [0.2, 0.25) is 0 Å². The van der Waals surface area contributed by atoms with Gasteiger partial charge in [-0.2, -0.15) is 10.5 Å². The molecule has 0 spiro atoms. The topological polar surface area (TPSA) is 95.7 Å². The van der Waals surface area contributed by atoms with Crippen molar-refractivity contribution in [2.45, 2.75) is 6.92 Å². The Morgan fingerprint density at radius 3 is 2.27 bits per heavy atom. The molecule has 126 valence electrons. The van der Waals surface area contributed by atoms with Gasteiger partial charge in [0, 0.05) is 11.1 Å². The van der Waals surface area contributed by atoms with Crippen LogP contribution in [0.4, 0.5) is 5.82 Å². The van der Waals surface area contributed by atoms with Gasteiger partial charge < -0.3 is 10.5 Å². The highest BCUT2D eigenvalue weighted by molar-refractivity contribution is 5.87. The molecule has 0 atom stereocenters. The zero-order chi connectivity index (χ0) is 18.7. The average Bonchev–Trinajstić information content (AvgIpc) is 2.67. The molecule has 0 aliphatic carbocycles. The van der Waals surface area contributed by atoms with Crippen LogP contribution in [0.2, 0.25) is 0 Å². The SMILES string of the molecule is COc1cccc(-c2nc(N)c(C#N)c(-c3ccc(C)cc3)c2C#N)c1. The van der Waals surface area contributed by atoms with E-state index in [-0.39, 0.29) is 11.4 Å². The molecule has 0 radical (unpaired) electrons. The van der Waals surface area contributed by atoms with Crippen LogP contribution in [0.5, 0.6) is 5.75 Å². The van der Waals surface area contributed by atoms with Crippen molar-refractivity contribution in [3.63, 3.8) is 0 Å². The minimum Gasteiger partial charge on any atom is -0.497 e. The maximum absolute atomic E-state index is 9.84. The Balaban J connectivity index is 2.36. The first-order valence-electron chi connectivity index (χ1n) is 7.94. The van der Waals surface area contributed by atoms with E-state index in [1.54, 1.807) is 13.2 Å². The van der Waals surface area contributed by atoms with Crippen LogP contribution in [0.3, 0.4) is 0 Å². The zero-order valence-corrected chi connectivity index (χ0v) is 14.4. The molecule has 0 fully saturated rings. The van der Waals surface area contributed by atoms with Gasteiger partial charge in [-0.1, -0.05) is 42.0 Å². The van der Waals surface area contributed by atoms with E-state index in [9.17, 15) is 10.5 Å². The quantitative estimate of drug-likeness (QED) is 0.775. The molecule has 5 heteroatoms. The Labute approximate surface area is 151 Å². The average molecular weight is 340 g/mol. The lowest BCUT2D eigenvalue weighted by molar-refractivity contribution is 0.415. The van der Waals surface area contributed by atoms with Gasteiger partial charge >= 0.3 is 0 Å². The van der Waals surface area contributed by atoms with E-state index >= 15 is 0 Å². The van der Waals surface area contributed by atoms with Crippen LogP contribution in [0.15, 0.2) is 48.5 Å². The number of pyridine rings is 1. The highest BCUT2D eigenvalue weighted by Gasteiger charge is 2.21. The summed E-state index contributed by atoms with van der Waals surface area (Å²) < 4.78 is 5.26. The summed E-state index contributed by atoms with van der Waals surface area (Å²) >= 11 is 0. The number of nitrogen functional groups attached to an aromatic ring is 1. The van der Waals surface area contributed by atoms with E-state index in [1.165, 1.54) is 0 Å². The van der Waals surface area contributed by atoms with Gasteiger partial charge in [-0.25, -0.2) is 4.98 Å². The summed E-state index contributed by atoms with van der Waals surface area (Å²) in [4.78, 5) is 4.34. The Hall–Kier alpha value is -3.83. The van der Waals surface area contributed by atoms with Gasteiger partial charge in [0.05, 0.1) is 18.4 Å². The molecular formula is C21H16N4O. The van der Waals surface area contributed by atoms with Gasteiger partial charge in [0.1, 0.15) is 29.3 Å². The van der Waals surface area contributed by atoms with Crippen LogP contribution < -0.4 is 10.5 Å². The molecule has 26 heavy (non-hydrogen) atoms. The molecule has 0 aliphatic rings. The number of benzene rings is 2. The normalized spacial score (nSPS) is 10.0. The van der Waals surface area contributed by atoms with E-state index in [4.69, 9.17) is 10.5 Å². The first-order chi connectivity index (χ1) is 12.6. The van der Waals surface area contributed by atoms with Crippen molar-refractivity contribution in [3.05, 3.63) is 65.2 Å². The number of aryl methyl sites for hydroxylation is 1. The number of ether oxygens (including phenoxy) is 1. The zero-order valence-electron chi connectivity index (χ0n) is 14.4. The van der Waals surface area contributed by atoms with Gasteiger partial charge in [-0.3, -0.25) is 0 Å². The van der Waals surface area contributed by atoms with Crippen molar-refractivity contribution in [3.8, 4) is 40.3 Å². The van der Waals surface area contributed by atoms with E-state index in [1.807, 2.05) is 49.4 Å². The predicted octanol–water partition coefficient (Wildman–Crippen LogP) is 4.06. The van der Waals surface area contributed by atoms with E-state index < -0.39 is 0 Å². The second-order valence-electron chi connectivity index (χ2n) is 5.79. The third kappa shape index (κ3) is 2.94. The van der Waals surface area contributed by atoms with Gasteiger partial charge in [0.25, 0.3) is 0 Å². The Morgan fingerprint density at radius 1 is 0.962 bits per heavy atom. The highest BCUT2D eigenvalue weighted by atomic mass is 16.5. The van der Waals surface area contributed by atoms with Crippen LogP contribution in [0.1, 0.15) is 16.7 Å². The van der Waals surface area contributed by atoms with E-state index in [0.717, 1.165) is 11.1 Å². The summed E-state index contributed by atoms with van der Waals surface area (Å²) in [6, 6.07) is 19.1. The number of nitrogens with zero attached hydrogens (tertiary/aromatic N) is 3. The number of hydrogen-bond acceptors (Lipinski definition) is 5. The molecule has 0 saturated carbocycles. The summed E-state index contributed by atoms with van der Waals surface area (Å²) in [5.74, 6) is 0.743. The smallest absolute Gasteiger partial charge is 0.142 e. The first-order valence-corrected chi connectivity index (χ1v) is 7.94.